The summed E-state index contributed by atoms with van der Waals surface area (Å²) in [6.45, 7) is 5.13. The summed E-state index contributed by atoms with van der Waals surface area (Å²) in [6.07, 6.45) is 13.0. The number of methoxy groups -OCH3 is 1. The molecule has 0 N–H and O–H groups in total. The van der Waals surface area contributed by atoms with Gasteiger partial charge in [0.1, 0.15) is 12.0 Å². The lowest BCUT2D eigenvalue weighted by Crippen LogP contribution is -2.21. The predicted octanol–water partition coefficient (Wildman–Crippen LogP) is 5.55. The monoisotopic (exact) mass is 369 g/mol. The van der Waals surface area contributed by atoms with Crippen molar-refractivity contribution in [3.63, 3.8) is 0 Å². The number of carbonyl (C=O) groups excluding carboxylic acids is 1. The maximum atomic E-state index is 11.1. The van der Waals surface area contributed by atoms with Gasteiger partial charge in [-0.15, -0.1) is 0 Å². The Labute approximate surface area is 165 Å². The Morgan fingerprint density at radius 3 is 2.63 bits per heavy atom. The first kappa shape index (κ1) is 22.9. The zero-order valence-corrected chi connectivity index (χ0v) is 17.6. The molecule has 3 heteroatoms. The summed E-state index contributed by atoms with van der Waals surface area (Å²) in [5, 5.41) is 0. The van der Waals surface area contributed by atoms with Crippen LogP contribution in [-0.4, -0.2) is 38.9 Å². The van der Waals surface area contributed by atoms with Crippen LogP contribution >= 0.6 is 0 Å². The van der Waals surface area contributed by atoms with Crippen LogP contribution in [0.5, 0.6) is 5.75 Å². The number of hydrogen-bond donors (Lipinski definition) is 0. The highest BCUT2D eigenvalue weighted by Crippen LogP contribution is 2.29. The van der Waals surface area contributed by atoms with E-state index in [1.165, 1.54) is 11.1 Å². The number of hydrogen-bond acceptors (Lipinski definition) is 3. The molecule has 148 valence electrons. The zero-order valence-electron chi connectivity index (χ0n) is 17.6. The van der Waals surface area contributed by atoms with E-state index in [4.69, 9.17) is 4.74 Å². The minimum Gasteiger partial charge on any atom is -0.497 e. The Balaban J connectivity index is 3.01. The van der Waals surface area contributed by atoms with Gasteiger partial charge in [-0.25, -0.2) is 0 Å². The Bertz CT molecular complexity index is 656. The Hall–Kier alpha value is -2.13. The standard InChI is InChI=1S/C24H35NO2/c1-6-10-20(12-8-13-21(19-26)11-7-2)16-23(18-25(3)4)22-14-9-15-24(17-22)27-5/h7,9,11-15,17,19,23H,6,8,10,16,18H2,1-5H3/b11-7-,20-12+,21-13+. The van der Waals surface area contributed by atoms with Gasteiger partial charge in [0.25, 0.3) is 0 Å². The van der Waals surface area contributed by atoms with E-state index in [1.807, 2.05) is 31.2 Å². The molecule has 1 unspecified atom stereocenters. The molecule has 0 amide bonds. The van der Waals surface area contributed by atoms with Crippen molar-refractivity contribution in [2.45, 2.75) is 45.4 Å². The second-order valence-corrected chi connectivity index (χ2v) is 7.11. The summed E-state index contributed by atoms with van der Waals surface area (Å²) in [5.74, 6) is 1.32. The number of carbonyl (C=O) groups is 1. The van der Waals surface area contributed by atoms with E-state index in [-0.39, 0.29) is 0 Å². The van der Waals surface area contributed by atoms with Gasteiger partial charge < -0.3 is 9.64 Å². The van der Waals surface area contributed by atoms with Gasteiger partial charge in [-0.05, 0) is 58.0 Å². The van der Waals surface area contributed by atoms with Crippen molar-refractivity contribution in [3.05, 3.63) is 65.3 Å². The molecule has 1 rings (SSSR count). The van der Waals surface area contributed by atoms with E-state index in [1.54, 1.807) is 7.11 Å². The maximum Gasteiger partial charge on any atom is 0.149 e. The number of nitrogens with zero attached hydrogens (tertiary/aromatic N) is 1. The molecule has 0 aromatic heterocycles. The number of likely N-dealkylation sites (N-methyl/N-ethyl adjacent to an activating group) is 1. The van der Waals surface area contributed by atoms with E-state index in [9.17, 15) is 4.79 Å². The molecule has 0 aliphatic carbocycles. The zero-order chi connectivity index (χ0) is 20.1. The molecular formula is C24H35NO2. The van der Waals surface area contributed by atoms with Crippen LogP contribution < -0.4 is 4.74 Å². The Morgan fingerprint density at radius 2 is 2.04 bits per heavy atom. The highest BCUT2D eigenvalue weighted by Gasteiger charge is 2.15. The smallest absolute Gasteiger partial charge is 0.149 e. The summed E-state index contributed by atoms with van der Waals surface area (Å²) in [4.78, 5) is 13.3. The van der Waals surface area contributed by atoms with Crippen LogP contribution in [0.15, 0.2) is 59.7 Å². The molecule has 0 bridgehead atoms. The molecule has 0 spiro atoms. The van der Waals surface area contributed by atoms with Crippen LogP contribution in [0.1, 0.15) is 51.0 Å². The van der Waals surface area contributed by atoms with Crippen LogP contribution in [-0.2, 0) is 4.79 Å². The molecule has 3 nitrogen and oxygen atoms in total. The lowest BCUT2D eigenvalue weighted by molar-refractivity contribution is -0.104. The van der Waals surface area contributed by atoms with Gasteiger partial charge in [0.2, 0.25) is 0 Å². The van der Waals surface area contributed by atoms with Crippen molar-refractivity contribution in [1.29, 1.82) is 0 Å². The van der Waals surface area contributed by atoms with Crippen LogP contribution in [0.2, 0.25) is 0 Å². The van der Waals surface area contributed by atoms with Crippen LogP contribution in [0.25, 0.3) is 0 Å². The molecule has 0 radical (unpaired) electrons. The molecule has 0 aliphatic rings. The summed E-state index contributed by atoms with van der Waals surface area (Å²) in [5.41, 5.74) is 3.50. The van der Waals surface area contributed by atoms with Gasteiger partial charge in [0.15, 0.2) is 0 Å². The second-order valence-electron chi connectivity index (χ2n) is 7.11. The SMILES string of the molecule is C/C=C\C(C=O)=C/C/C=C(\CCC)CC(CN(C)C)c1cccc(OC)c1. The average Bonchev–Trinajstić information content (AvgIpc) is 2.66. The molecule has 0 aliphatic heterocycles. The first-order chi connectivity index (χ1) is 13.0. The highest BCUT2D eigenvalue weighted by atomic mass is 16.5. The van der Waals surface area contributed by atoms with E-state index >= 15 is 0 Å². The third-order valence-electron chi connectivity index (χ3n) is 4.49. The third-order valence-corrected chi connectivity index (χ3v) is 4.49. The lowest BCUT2D eigenvalue weighted by Gasteiger charge is -2.23. The highest BCUT2D eigenvalue weighted by molar-refractivity contribution is 5.77. The molecule has 0 fully saturated rings. The summed E-state index contributed by atoms with van der Waals surface area (Å²) in [6, 6.07) is 8.40. The van der Waals surface area contributed by atoms with Crippen LogP contribution in [0.4, 0.5) is 0 Å². The summed E-state index contributed by atoms with van der Waals surface area (Å²) >= 11 is 0. The van der Waals surface area contributed by atoms with Crippen molar-refractivity contribution in [2.24, 2.45) is 0 Å². The second kappa shape index (κ2) is 13.1. The quantitative estimate of drug-likeness (QED) is 0.209. The fourth-order valence-corrected chi connectivity index (χ4v) is 3.26. The summed E-state index contributed by atoms with van der Waals surface area (Å²) < 4.78 is 5.41. The molecule has 0 saturated carbocycles. The van der Waals surface area contributed by atoms with Crippen molar-refractivity contribution in [3.8, 4) is 5.75 Å². The van der Waals surface area contributed by atoms with Crippen molar-refractivity contribution in [1.82, 2.24) is 4.90 Å². The largest absolute Gasteiger partial charge is 0.497 e. The first-order valence-electron chi connectivity index (χ1n) is 9.78. The number of ether oxygens (including phenoxy) is 1. The summed E-state index contributed by atoms with van der Waals surface area (Å²) in [7, 11) is 5.95. The molecule has 0 heterocycles. The predicted molar refractivity (Wildman–Crippen MR) is 115 cm³/mol. The van der Waals surface area contributed by atoms with Gasteiger partial charge in [-0.2, -0.15) is 0 Å². The molecular weight excluding hydrogens is 334 g/mol. The Kier molecular flexibility index (Phi) is 11.1. The third kappa shape index (κ3) is 8.87. The molecule has 27 heavy (non-hydrogen) atoms. The van der Waals surface area contributed by atoms with E-state index in [2.05, 4.69) is 50.2 Å². The van der Waals surface area contributed by atoms with Gasteiger partial charge in [-0.3, -0.25) is 4.79 Å². The minimum atomic E-state index is 0.415. The average molecular weight is 370 g/mol. The van der Waals surface area contributed by atoms with Crippen molar-refractivity contribution >= 4 is 6.29 Å². The maximum absolute atomic E-state index is 11.1. The van der Waals surface area contributed by atoms with Crippen molar-refractivity contribution < 1.29 is 9.53 Å². The molecule has 0 saturated heterocycles. The fraction of sp³-hybridized carbons (Fsp3) is 0.458. The number of rotatable bonds is 12. The fourth-order valence-electron chi connectivity index (χ4n) is 3.26. The lowest BCUT2D eigenvalue weighted by atomic mass is 9.89. The molecule has 1 aromatic rings. The number of benzene rings is 1. The molecule has 1 atom stereocenters. The van der Waals surface area contributed by atoms with Gasteiger partial charge >= 0.3 is 0 Å². The van der Waals surface area contributed by atoms with Gasteiger partial charge in [0, 0.05) is 18.0 Å². The van der Waals surface area contributed by atoms with E-state index in [0.29, 0.717) is 5.92 Å². The topological polar surface area (TPSA) is 29.5 Å². The van der Waals surface area contributed by atoms with Crippen molar-refractivity contribution in [2.75, 3.05) is 27.7 Å². The van der Waals surface area contributed by atoms with E-state index < -0.39 is 0 Å². The van der Waals surface area contributed by atoms with Gasteiger partial charge in [-0.1, -0.05) is 55.4 Å². The first-order valence-corrected chi connectivity index (χ1v) is 9.78. The number of allylic oxidation sites excluding steroid dienone is 6. The Morgan fingerprint density at radius 1 is 1.26 bits per heavy atom. The van der Waals surface area contributed by atoms with Gasteiger partial charge in [0.05, 0.1) is 7.11 Å². The normalized spacial score (nSPS) is 14.0. The van der Waals surface area contributed by atoms with Crippen LogP contribution in [0.3, 0.4) is 0 Å². The number of aldehydes is 1. The van der Waals surface area contributed by atoms with E-state index in [0.717, 1.165) is 49.8 Å². The minimum absolute atomic E-state index is 0.415. The molecule has 1 aromatic carbocycles. The van der Waals surface area contributed by atoms with Crippen LogP contribution in [0, 0.1) is 0 Å².